The Kier molecular flexibility index (Phi) is 5.01. The van der Waals surface area contributed by atoms with Crippen molar-refractivity contribution in [1.82, 2.24) is 9.97 Å². The quantitative estimate of drug-likeness (QED) is 0.913. The fourth-order valence-electron chi connectivity index (χ4n) is 3.19. The van der Waals surface area contributed by atoms with Crippen molar-refractivity contribution in [2.75, 3.05) is 5.32 Å². The number of carbonyl (C=O) groups excluding carboxylic acids is 1. The SMILES string of the molecule is Cc1nc(-c2ccccc2)cnc1NC(=O)CC1CCCCC1. The van der Waals surface area contributed by atoms with E-state index in [0.29, 0.717) is 18.2 Å². The standard InChI is InChI=1S/C19H23N3O/c1-14-19(22-18(23)12-15-8-4-2-5-9-15)20-13-17(21-14)16-10-6-3-7-11-16/h3,6-7,10-11,13,15H,2,4-5,8-9,12H2,1H3,(H,20,22,23). The number of carbonyl (C=O) groups is 1. The van der Waals surface area contributed by atoms with Gasteiger partial charge in [0.2, 0.25) is 5.91 Å². The Bertz CT molecular complexity index is 664. The van der Waals surface area contributed by atoms with Gasteiger partial charge in [0.1, 0.15) is 0 Å². The zero-order valence-electron chi connectivity index (χ0n) is 13.6. The molecule has 1 aromatic heterocycles. The minimum atomic E-state index is 0.0572. The fourth-order valence-corrected chi connectivity index (χ4v) is 3.19. The number of nitrogens with zero attached hydrogens (tertiary/aromatic N) is 2. The topological polar surface area (TPSA) is 54.9 Å². The number of aryl methyl sites for hydroxylation is 1. The molecule has 4 nitrogen and oxygen atoms in total. The van der Waals surface area contributed by atoms with Crippen molar-refractivity contribution in [2.45, 2.75) is 45.4 Å². The minimum Gasteiger partial charge on any atom is -0.309 e. The van der Waals surface area contributed by atoms with E-state index in [0.717, 1.165) is 17.0 Å². The summed E-state index contributed by atoms with van der Waals surface area (Å²) < 4.78 is 0. The van der Waals surface area contributed by atoms with Crippen molar-refractivity contribution in [1.29, 1.82) is 0 Å². The number of benzene rings is 1. The third kappa shape index (κ3) is 4.15. The summed E-state index contributed by atoms with van der Waals surface area (Å²) in [6, 6.07) is 9.94. The van der Waals surface area contributed by atoms with Crippen LogP contribution in [0.5, 0.6) is 0 Å². The highest BCUT2D eigenvalue weighted by molar-refractivity contribution is 5.90. The van der Waals surface area contributed by atoms with Crippen molar-refractivity contribution in [2.24, 2.45) is 5.92 Å². The van der Waals surface area contributed by atoms with E-state index < -0.39 is 0 Å². The molecule has 0 aliphatic heterocycles. The lowest BCUT2D eigenvalue weighted by molar-refractivity contribution is -0.117. The average Bonchev–Trinajstić information content (AvgIpc) is 2.58. The molecular weight excluding hydrogens is 286 g/mol. The fraction of sp³-hybridized carbons (Fsp3) is 0.421. The number of anilines is 1. The highest BCUT2D eigenvalue weighted by Crippen LogP contribution is 2.26. The van der Waals surface area contributed by atoms with Crippen LogP contribution in [0.1, 0.15) is 44.2 Å². The molecule has 0 radical (unpaired) electrons. The lowest BCUT2D eigenvalue weighted by Crippen LogP contribution is -2.19. The molecular formula is C19H23N3O. The van der Waals surface area contributed by atoms with Crippen LogP contribution in [-0.2, 0) is 4.79 Å². The summed E-state index contributed by atoms with van der Waals surface area (Å²) in [5, 5.41) is 2.92. The molecule has 0 saturated heterocycles. The molecule has 23 heavy (non-hydrogen) atoms. The largest absolute Gasteiger partial charge is 0.309 e. The molecule has 1 aromatic carbocycles. The first-order valence-electron chi connectivity index (χ1n) is 8.41. The second-order valence-electron chi connectivity index (χ2n) is 6.31. The van der Waals surface area contributed by atoms with Crippen molar-refractivity contribution in [3.8, 4) is 11.3 Å². The van der Waals surface area contributed by atoms with Crippen LogP contribution in [-0.4, -0.2) is 15.9 Å². The summed E-state index contributed by atoms with van der Waals surface area (Å²) in [4.78, 5) is 21.2. The third-order valence-corrected chi connectivity index (χ3v) is 4.47. The number of rotatable bonds is 4. The Hall–Kier alpha value is -2.23. The second kappa shape index (κ2) is 7.36. The van der Waals surface area contributed by atoms with Gasteiger partial charge in [-0.15, -0.1) is 0 Å². The molecule has 1 aliphatic rings. The van der Waals surface area contributed by atoms with Gasteiger partial charge in [-0.25, -0.2) is 9.97 Å². The second-order valence-corrected chi connectivity index (χ2v) is 6.31. The molecule has 0 spiro atoms. The summed E-state index contributed by atoms with van der Waals surface area (Å²) in [7, 11) is 0. The Labute approximate surface area is 137 Å². The molecule has 1 amide bonds. The molecule has 1 heterocycles. The molecule has 2 aromatic rings. The van der Waals surface area contributed by atoms with E-state index in [1.165, 1.54) is 32.1 Å². The average molecular weight is 309 g/mol. The lowest BCUT2D eigenvalue weighted by atomic mass is 9.87. The molecule has 1 N–H and O–H groups in total. The summed E-state index contributed by atoms with van der Waals surface area (Å²) >= 11 is 0. The van der Waals surface area contributed by atoms with Gasteiger partial charge < -0.3 is 5.32 Å². The number of hydrogen-bond acceptors (Lipinski definition) is 3. The van der Waals surface area contributed by atoms with Gasteiger partial charge in [0.25, 0.3) is 0 Å². The summed E-state index contributed by atoms with van der Waals surface area (Å²) in [6.07, 6.45) is 8.48. The van der Waals surface area contributed by atoms with E-state index in [1.807, 2.05) is 37.3 Å². The highest BCUT2D eigenvalue weighted by atomic mass is 16.1. The van der Waals surface area contributed by atoms with Gasteiger partial charge in [-0.1, -0.05) is 49.6 Å². The zero-order valence-corrected chi connectivity index (χ0v) is 13.6. The predicted molar refractivity (Wildman–Crippen MR) is 92.0 cm³/mol. The van der Waals surface area contributed by atoms with Crippen LogP contribution in [0.25, 0.3) is 11.3 Å². The van der Waals surface area contributed by atoms with Crippen molar-refractivity contribution in [3.05, 3.63) is 42.2 Å². The van der Waals surface area contributed by atoms with Crippen molar-refractivity contribution >= 4 is 11.7 Å². The number of nitrogens with one attached hydrogen (secondary N) is 1. The first-order chi connectivity index (χ1) is 11.2. The molecule has 0 unspecified atom stereocenters. The Morgan fingerprint density at radius 2 is 1.91 bits per heavy atom. The maximum Gasteiger partial charge on any atom is 0.225 e. The van der Waals surface area contributed by atoms with Crippen LogP contribution in [0.15, 0.2) is 36.5 Å². The van der Waals surface area contributed by atoms with Gasteiger partial charge in [0, 0.05) is 12.0 Å². The molecule has 1 saturated carbocycles. The Morgan fingerprint density at radius 1 is 1.17 bits per heavy atom. The smallest absolute Gasteiger partial charge is 0.225 e. The molecule has 1 aliphatic carbocycles. The van der Waals surface area contributed by atoms with Gasteiger partial charge in [0.05, 0.1) is 17.6 Å². The number of aromatic nitrogens is 2. The molecule has 0 atom stereocenters. The first-order valence-corrected chi connectivity index (χ1v) is 8.41. The van der Waals surface area contributed by atoms with Crippen LogP contribution in [0.3, 0.4) is 0 Å². The van der Waals surface area contributed by atoms with E-state index in [1.54, 1.807) is 6.20 Å². The molecule has 3 rings (SSSR count). The Balaban J connectivity index is 1.65. The van der Waals surface area contributed by atoms with Crippen LogP contribution >= 0.6 is 0 Å². The summed E-state index contributed by atoms with van der Waals surface area (Å²) in [5.41, 5.74) is 2.61. The van der Waals surface area contributed by atoms with E-state index >= 15 is 0 Å². The van der Waals surface area contributed by atoms with Crippen LogP contribution < -0.4 is 5.32 Å². The summed E-state index contributed by atoms with van der Waals surface area (Å²) in [5.74, 6) is 1.16. The van der Waals surface area contributed by atoms with Crippen molar-refractivity contribution in [3.63, 3.8) is 0 Å². The lowest BCUT2D eigenvalue weighted by Gasteiger charge is -2.20. The number of hydrogen-bond donors (Lipinski definition) is 1. The molecule has 120 valence electrons. The molecule has 1 fully saturated rings. The van der Waals surface area contributed by atoms with Gasteiger partial charge >= 0.3 is 0 Å². The third-order valence-electron chi connectivity index (χ3n) is 4.47. The van der Waals surface area contributed by atoms with Crippen LogP contribution in [0, 0.1) is 12.8 Å². The van der Waals surface area contributed by atoms with E-state index in [4.69, 9.17) is 0 Å². The van der Waals surface area contributed by atoms with E-state index in [2.05, 4.69) is 15.3 Å². The first kappa shape index (κ1) is 15.7. The van der Waals surface area contributed by atoms with E-state index in [9.17, 15) is 4.79 Å². The molecule has 0 bridgehead atoms. The van der Waals surface area contributed by atoms with Crippen molar-refractivity contribution < 1.29 is 4.79 Å². The van der Waals surface area contributed by atoms with Gasteiger partial charge in [-0.05, 0) is 25.7 Å². The van der Waals surface area contributed by atoms with Gasteiger partial charge in [0.15, 0.2) is 5.82 Å². The number of amides is 1. The maximum absolute atomic E-state index is 12.2. The molecule has 4 heteroatoms. The van der Waals surface area contributed by atoms with Gasteiger partial charge in [-0.2, -0.15) is 0 Å². The van der Waals surface area contributed by atoms with Gasteiger partial charge in [-0.3, -0.25) is 4.79 Å². The summed E-state index contributed by atoms with van der Waals surface area (Å²) in [6.45, 7) is 1.88. The monoisotopic (exact) mass is 309 g/mol. The van der Waals surface area contributed by atoms with Crippen LogP contribution in [0.4, 0.5) is 5.82 Å². The highest BCUT2D eigenvalue weighted by Gasteiger charge is 2.18. The maximum atomic E-state index is 12.2. The van der Waals surface area contributed by atoms with E-state index in [-0.39, 0.29) is 5.91 Å². The minimum absolute atomic E-state index is 0.0572. The van der Waals surface area contributed by atoms with Crippen LogP contribution in [0.2, 0.25) is 0 Å². The zero-order chi connectivity index (χ0) is 16.1. The Morgan fingerprint density at radius 3 is 2.61 bits per heavy atom. The normalized spacial score (nSPS) is 15.3. The predicted octanol–water partition coefficient (Wildman–Crippen LogP) is 4.36.